The van der Waals surface area contributed by atoms with Crippen molar-refractivity contribution in [3.8, 4) is 0 Å². The van der Waals surface area contributed by atoms with Crippen molar-refractivity contribution in [3.63, 3.8) is 0 Å². The zero-order valence-electron chi connectivity index (χ0n) is 17.8. The molecule has 160 valence electrons. The van der Waals surface area contributed by atoms with Gasteiger partial charge in [0.2, 0.25) is 10.6 Å². The minimum absolute atomic E-state index is 0.0624. The molecule has 30 heavy (non-hydrogen) atoms. The summed E-state index contributed by atoms with van der Waals surface area (Å²) in [7, 11) is 0. The molecule has 1 N–H and O–H groups in total. The first-order valence-electron chi connectivity index (χ1n) is 11.2. The van der Waals surface area contributed by atoms with E-state index in [0.29, 0.717) is 16.6 Å². The number of carbonyl (C=O) groups excluding carboxylic acids is 1. The third kappa shape index (κ3) is 3.26. The van der Waals surface area contributed by atoms with Gasteiger partial charge in [0.05, 0.1) is 11.0 Å². The number of aromatic nitrogens is 3. The van der Waals surface area contributed by atoms with E-state index in [4.69, 9.17) is 0 Å². The predicted octanol–water partition coefficient (Wildman–Crippen LogP) is 4.82. The molecule has 1 amide bonds. The summed E-state index contributed by atoms with van der Waals surface area (Å²) < 4.78 is 2.68. The van der Waals surface area contributed by atoms with Gasteiger partial charge in [-0.05, 0) is 104 Å². The Morgan fingerprint density at radius 3 is 2.40 bits per heavy atom. The van der Waals surface area contributed by atoms with Crippen LogP contribution in [0, 0.1) is 17.3 Å². The second kappa shape index (κ2) is 7.36. The number of hydrogen-bond donors (Lipinski definition) is 1. The van der Waals surface area contributed by atoms with Crippen LogP contribution in [0.5, 0.6) is 0 Å². The Morgan fingerprint density at radius 2 is 1.83 bits per heavy atom. The number of benzene rings is 1. The molecule has 1 aromatic carbocycles. The largest absolute Gasteiger partial charge is 0.372 e. The van der Waals surface area contributed by atoms with Gasteiger partial charge >= 0.3 is 0 Å². The molecule has 4 bridgehead atoms. The van der Waals surface area contributed by atoms with Gasteiger partial charge in [0.15, 0.2) is 0 Å². The van der Waals surface area contributed by atoms with Gasteiger partial charge in [-0.3, -0.25) is 4.79 Å². The highest BCUT2D eigenvalue weighted by atomic mass is 79.9. The van der Waals surface area contributed by atoms with Crippen LogP contribution in [0.1, 0.15) is 52.4 Å². The van der Waals surface area contributed by atoms with E-state index >= 15 is 0 Å². The third-order valence-corrected chi connectivity index (χ3v) is 8.08. The molecule has 4 aliphatic rings. The van der Waals surface area contributed by atoms with Crippen LogP contribution in [-0.4, -0.2) is 33.8 Å². The maximum atomic E-state index is 13.6. The first-order chi connectivity index (χ1) is 14.4. The monoisotopic (exact) mass is 471 g/mol. The van der Waals surface area contributed by atoms with Crippen LogP contribution in [0.3, 0.4) is 0 Å². The molecular formula is C23H30BrN5O. The van der Waals surface area contributed by atoms with E-state index in [2.05, 4.69) is 66.9 Å². The van der Waals surface area contributed by atoms with Crippen LogP contribution in [-0.2, 0) is 10.3 Å². The minimum atomic E-state index is -0.292. The Morgan fingerprint density at radius 1 is 1.17 bits per heavy atom. The van der Waals surface area contributed by atoms with Crippen LogP contribution >= 0.6 is 15.9 Å². The lowest BCUT2D eigenvalue weighted by atomic mass is 9.46. The highest BCUT2D eigenvalue weighted by Crippen LogP contribution is 2.64. The van der Waals surface area contributed by atoms with Crippen molar-refractivity contribution in [2.75, 3.05) is 23.3 Å². The quantitative estimate of drug-likeness (QED) is 0.655. The summed E-state index contributed by atoms with van der Waals surface area (Å²) in [6.45, 7) is 6.29. The summed E-state index contributed by atoms with van der Waals surface area (Å²) >= 11 is 3.40. The normalized spacial score (nSPS) is 31.7. The molecule has 7 heteroatoms. The van der Waals surface area contributed by atoms with E-state index in [9.17, 15) is 4.79 Å². The number of hydrogen-bond acceptors (Lipinski definition) is 4. The molecule has 4 aliphatic carbocycles. The maximum Gasteiger partial charge on any atom is 0.230 e. The molecule has 0 saturated heterocycles. The van der Waals surface area contributed by atoms with E-state index in [1.807, 2.05) is 18.5 Å². The summed E-state index contributed by atoms with van der Waals surface area (Å²) in [5.41, 5.74) is 1.74. The van der Waals surface area contributed by atoms with Crippen molar-refractivity contribution in [2.45, 2.75) is 57.9 Å². The number of rotatable bonds is 6. The van der Waals surface area contributed by atoms with Crippen LogP contribution in [0.25, 0.3) is 0 Å². The molecule has 0 unspecified atom stereocenters. The molecule has 0 radical (unpaired) electrons. The number of amides is 1. The van der Waals surface area contributed by atoms with Crippen molar-refractivity contribution in [1.29, 1.82) is 0 Å². The Bertz CT molecular complexity index is 921. The molecule has 4 saturated carbocycles. The second-order valence-electron chi connectivity index (χ2n) is 9.60. The van der Waals surface area contributed by atoms with E-state index in [1.54, 1.807) is 0 Å². The highest BCUT2D eigenvalue weighted by Gasteiger charge is 2.61. The van der Waals surface area contributed by atoms with Gasteiger partial charge in [-0.2, -0.15) is 0 Å². The lowest BCUT2D eigenvalue weighted by Gasteiger charge is -2.60. The Hall–Kier alpha value is -1.89. The van der Waals surface area contributed by atoms with Crippen LogP contribution < -0.4 is 10.2 Å². The van der Waals surface area contributed by atoms with Crippen molar-refractivity contribution in [2.24, 2.45) is 17.3 Å². The Kier molecular flexibility index (Phi) is 4.92. The fraction of sp³-hybridized carbons (Fsp3) is 0.609. The molecule has 6 rings (SSSR count). The van der Waals surface area contributed by atoms with Gasteiger partial charge < -0.3 is 10.2 Å². The molecule has 1 heterocycles. The topological polar surface area (TPSA) is 63.1 Å². The second-order valence-corrected chi connectivity index (χ2v) is 10.3. The highest BCUT2D eigenvalue weighted by molar-refractivity contribution is 9.10. The van der Waals surface area contributed by atoms with Gasteiger partial charge in [0, 0.05) is 24.5 Å². The van der Waals surface area contributed by atoms with Gasteiger partial charge in [-0.25, -0.2) is 9.67 Å². The van der Waals surface area contributed by atoms with Gasteiger partial charge in [0.1, 0.15) is 6.33 Å². The maximum absolute atomic E-state index is 13.6. The lowest BCUT2D eigenvalue weighted by Crippen LogP contribution is -2.60. The van der Waals surface area contributed by atoms with E-state index in [0.717, 1.165) is 50.9 Å². The SMILES string of the molecule is CCN(CC)c1ccc(NC(=O)C23C[C@@H]4C[C@@H](C2)CC(n2cnc(Br)n2)(C4)C3)cc1. The zero-order valence-corrected chi connectivity index (χ0v) is 19.4. The van der Waals surface area contributed by atoms with Crippen molar-refractivity contribution in [3.05, 3.63) is 35.3 Å². The summed E-state index contributed by atoms with van der Waals surface area (Å²) in [6.07, 6.45) is 8.21. The molecule has 6 nitrogen and oxygen atoms in total. The first-order valence-corrected chi connectivity index (χ1v) is 12.0. The average Bonchev–Trinajstić information content (AvgIpc) is 3.16. The minimum Gasteiger partial charge on any atom is -0.372 e. The van der Waals surface area contributed by atoms with Gasteiger partial charge in [0.25, 0.3) is 0 Å². The fourth-order valence-corrected chi connectivity index (χ4v) is 7.09. The van der Waals surface area contributed by atoms with Crippen LogP contribution in [0.2, 0.25) is 0 Å². The van der Waals surface area contributed by atoms with Crippen molar-refractivity contribution >= 4 is 33.2 Å². The molecule has 2 aromatic rings. The molecular weight excluding hydrogens is 442 g/mol. The number of nitrogens with one attached hydrogen (secondary N) is 1. The van der Waals surface area contributed by atoms with Gasteiger partial charge in [-0.15, -0.1) is 5.10 Å². The molecule has 0 aliphatic heterocycles. The van der Waals surface area contributed by atoms with Gasteiger partial charge in [-0.1, -0.05) is 0 Å². The average molecular weight is 472 g/mol. The Labute approximate surface area is 186 Å². The summed E-state index contributed by atoms with van der Waals surface area (Å²) in [5, 5.41) is 7.87. The molecule has 2 atom stereocenters. The number of nitrogens with zero attached hydrogens (tertiary/aromatic N) is 4. The predicted molar refractivity (Wildman–Crippen MR) is 121 cm³/mol. The van der Waals surface area contributed by atoms with E-state index in [1.165, 1.54) is 12.1 Å². The summed E-state index contributed by atoms with van der Waals surface area (Å²) in [4.78, 5) is 20.2. The smallest absolute Gasteiger partial charge is 0.230 e. The summed E-state index contributed by atoms with van der Waals surface area (Å²) in [6, 6.07) is 8.29. The number of halogens is 1. The molecule has 4 fully saturated rings. The number of anilines is 2. The molecule has 1 aromatic heterocycles. The zero-order chi connectivity index (χ0) is 20.9. The van der Waals surface area contributed by atoms with Crippen LogP contribution in [0.15, 0.2) is 35.3 Å². The van der Waals surface area contributed by atoms with E-state index < -0.39 is 0 Å². The fourth-order valence-electron chi connectivity index (χ4n) is 6.83. The molecule has 0 spiro atoms. The van der Waals surface area contributed by atoms with Crippen LogP contribution in [0.4, 0.5) is 11.4 Å². The van der Waals surface area contributed by atoms with Crippen molar-refractivity contribution < 1.29 is 4.79 Å². The first kappa shape index (κ1) is 20.0. The van der Waals surface area contributed by atoms with Crippen molar-refractivity contribution in [1.82, 2.24) is 14.8 Å². The standard InChI is InChI=1S/C23H30BrN5O/c1-3-28(4-2)19-7-5-18(6-8-19)26-20(30)22-10-16-9-17(11-22)13-23(12-16,14-22)29-15-25-21(24)27-29/h5-8,15-17H,3-4,9-14H2,1-2H3,(H,26,30)/t16-,17-,22?,23?/m0/s1. The number of carbonyl (C=O) groups is 1. The summed E-state index contributed by atoms with van der Waals surface area (Å²) in [5.74, 6) is 1.39. The Balaban J connectivity index is 1.38. The lowest BCUT2D eigenvalue weighted by molar-refractivity contribution is -0.150. The van der Waals surface area contributed by atoms with E-state index in [-0.39, 0.29) is 16.9 Å². The third-order valence-electron chi connectivity index (χ3n) is 7.72.